The van der Waals surface area contributed by atoms with Gasteiger partial charge in [0.2, 0.25) is 0 Å². The molecule has 466 valence electrons. The lowest BCUT2D eigenvalue weighted by Gasteiger charge is -2.18. The SMILES string of the molecule is CC/C=C\C/C=C\C/C=C\C/C=C\C/C=C\CCCCCCCCCCCCCCCC(=O)OCC(COC(=O)CCCCCCC/C=C\CCCCCCCCC)OC(=O)CCCCCCCCC/C=C\C/C=C\CCCCCC. The van der Waals surface area contributed by atoms with E-state index in [1.54, 1.807) is 0 Å². The zero-order chi connectivity index (χ0) is 58.5. The molecule has 0 spiro atoms. The van der Waals surface area contributed by atoms with Gasteiger partial charge in [-0.1, -0.05) is 298 Å². The number of rotatable bonds is 63. The summed E-state index contributed by atoms with van der Waals surface area (Å²) in [6.45, 7) is 6.53. The molecular weight excluding hydrogens is 997 g/mol. The van der Waals surface area contributed by atoms with Crippen molar-refractivity contribution < 1.29 is 28.6 Å². The van der Waals surface area contributed by atoms with Crippen LogP contribution in [0.3, 0.4) is 0 Å². The lowest BCUT2D eigenvalue weighted by molar-refractivity contribution is -0.167. The van der Waals surface area contributed by atoms with Crippen molar-refractivity contribution in [1.29, 1.82) is 0 Å². The maximum atomic E-state index is 12.9. The quantitative estimate of drug-likeness (QED) is 0.0261. The van der Waals surface area contributed by atoms with Crippen LogP contribution in [0, 0.1) is 0 Å². The molecule has 0 N–H and O–H groups in total. The second kappa shape index (κ2) is 68.8. The number of carbonyl (C=O) groups is 3. The normalized spacial score (nSPS) is 12.7. The molecule has 6 nitrogen and oxygen atoms in total. The largest absolute Gasteiger partial charge is 0.462 e. The number of ether oxygens (including phenoxy) is 3. The van der Waals surface area contributed by atoms with Gasteiger partial charge in [0.15, 0.2) is 6.10 Å². The molecule has 0 aromatic heterocycles. The number of hydrogen-bond acceptors (Lipinski definition) is 6. The summed E-state index contributed by atoms with van der Waals surface area (Å²) in [5.74, 6) is -0.884. The Bertz CT molecular complexity index is 1580. The molecule has 6 heteroatoms. The van der Waals surface area contributed by atoms with E-state index in [-0.39, 0.29) is 31.1 Å². The number of carbonyl (C=O) groups excluding carboxylic acids is 3. The number of hydrogen-bond donors (Lipinski definition) is 0. The highest BCUT2D eigenvalue weighted by Crippen LogP contribution is 2.17. The molecule has 0 aromatic rings. The van der Waals surface area contributed by atoms with Crippen molar-refractivity contribution in [2.75, 3.05) is 13.2 Å². The van der Waals surface area contributed by atoms with E-state index in [0.717, 1.165) is 109 Å². The summed E-state index contributed by atoms with van der Waals surface area (Å²) in [5, 5.41) is 0. The Kier molecular flexibility index (Phi) is 65.7. The number of esters is 3. The van der Waals surface area contributed by atoms with Crippen molar-refractivity contribution in [2.45, 2.75) is 348 Å². The first-order valence-electron chi connectivity index (χ1n) is 34.7. The van der Waals surface area contributed by atoms with Crippen molar-refractivity contribution in [2.24, 2.45) is 0 Å². The van der Waals surface area contributed by atoms with Gasteiger partial charge in [-0.2, -0.15) is 0 Å². The third-order valence-corrected chi connectivity index (χ3v) is 15.0. The molecule has 81 heavy (non-hydrogen) atoms. The maximum Gasteiger partial charge on any atom is 0.306 e. The Morgan fingerprint density at radius 3 is 0.778 bits per heavy atom. The van der Waals surface area contributed by atoms with Crippen molar-refractivity contribution in [1.82, 2.24) is 0 Å². The van der Waals surface area contributed by atoms with E-state index in [2.05, 4.69) is 118 Å². The predicted octanol–water partition coefficient (Wildman–Crippen LogP) is 24.0. The second-order valence-corrected chi connectivity index (χ2v) is 23.1. The summed E-state index contributed by atoms with van der Waals surface area (Å²) in [5.41, 5.74) is 0. The number of allylic oxidation sites excluding steroid dienone is 16. The Labute approximate surface area is 502 Å². The highest BCUT2D eigenvalue weighted by molar-refractivity contribution is 5.71. The summed E-state index contributed by atoms with van der Waals surface area (Å²) in [4.78, 5) is 38.4. The fraction of sp³-hybridized carbons (Fsp3) is 0.747. The van der Waals surface area contributed by atoms with Crippen molar-refractivity contribution in [3.8, 4) is 0 Å². The van der Waals surface area contributed by atoms with Crippen LogP contribution in [0.5, 0.6) is 0 Å². The van der Waals surface area contributed by atoms with Crippen LogP contribution in [0.2, 0.25) is 0 Å². The zero-order valence-electron chi connectivity index (χ0n) is 53.5. The van der Waals surface area contributed by atoms with Crippen LogP contribution >= 0.6 is 0 Å². The van der Waals surface area contributed by atoms with E-state index in [1.807, 2.05) is 0 Å². The Balaban J connectivity index is 4.31. The van der Waals surface area contributed by atoms with E-state index in [1.165, 1.54) is 193 Å². The Hall–Kier alpha value is -3.67. The van der Waals surface area contributed by atoms with Crippen molar-refractivity contribution in [3.05, 3.63) is 97.2 Å². The van der Waals surface area contributed by atoms with E-state index in [9.17, 15) is 14.4 Å². The average molecular weight is 1130 g/mol. The summed E-state index contributed by atoms with van der Waals surface area (Å²) in [6, 6.07) is 0. The molecule has 0 aliphatic carbocycles. The van der Waals surface area contributed by atoms with Gasteiger partial charge in [-0.05, 0) is 122 Å². The van der Waals surface area contributed by atoms with Gasteiger partial charge in [-0.3, -0.25) is 14.4 Å². The average Bonchev–Trinajstić information content (AvgIpc) is 3.47. The molecular formula is C75H130O6. The molecule has 0 heterocycles. The summed E-state index contributed by atoms with van der Waals surface area (Å²) in [7, 11) is 0. The van der Waals surface area contributed by atoms with E-state index >= 15 is 0 Å². The fourth-order valence-corrected chi connectivity index (χ4v) is 9.85. The molecule has 0 rings (SSSR count). The maximum absolute atomic E-state index is 12.9. The first-order valence-corrected chi connectivity index (χ1v) is 34.7. The summed E-state index contributed by atoms with van der Waals surface area (Å²) < 4.78 is 17.0. The minimum atomic E-state index is -0.787. The molecule has 1 unspecified atom stereocenters. The molecule has 0 aromatic carbocycles. The summed E-state index contributed by atoms with van der Waals surface area (Å²) >= 11 is 0. The highest BCUT2D eigenvalue weighted by Gasteiger charge is 2.19. The van der Waals surface area contributed by atoms with E-state index in [4.69, 9.17) is 14.2 Å². The Morgan fingerprint density at radius 1 is 0.259 bits per heavy atom. The van der Waals surface area contributed by atoms with Crippen molar-refractivity contribution >= 4 is 17.9 Å². The highest BCUT2D eigenvalue weighted by atomic mass is 16.6. The third kappa shape index (κ3) is 67.0. The lowest BCUT2D eigenvalue weighted by Crippen LogP contribution is -2.30. The Morgan fingerprint density at radius 2 is 0.481 bits per heavy atom. The molecule has 0 amide bonds. The lowest BCUT2D eigenvalue weighted by atomic mass is 10.0. The van der Waals surface area contributed by atoms with E-state index < -0.39 is 6.10 Å². The fourth-order valence-electron chi connectivity index (χ4n) is 9.85. The van der Waals surface area contributed by atoms with Gasteiger partial charge in [0.05, 0.1) is 0 Å². The topological polar surface area (TPSA) is 78.9 Å². The van der Waals surface area contributed by atoms with Gasteiger partial charge in [0.25, 0.3) is 0 Å². The minimum Gasteiger partial charge on any atom is -0.462 e. The minimum absolute atomic E-state index is 0.0819. The zero-order valence-corrected chi connectivity index (χ0v) is 53.5. The van der Waals surface area contributed by atoms with Crippen molar-refractivity contribution in [3.63, 3.8) is 0 Å². The third-order valence-electron chi connectivity index (χ3n) is 15.0. The molecule has 0 fully saturated rings. The van der Waals surface area contributed by atoms with Crippen LogP contribution in [0.15, 0.2) is 97.2 Å². The van der Waals surface area contributed by atoms with Gasteiger partial charge in [0, 0.05) is 19.3 Å². The molecule has 0 saturated heterocycles. The first-order chi connectivity index (χ1) is 40.0. The van der Waals surface area contributed by atoms with E-state index in [0.29, 0.717) is 19.3 Å². The van der Waals surface area contributed by atoms with Gasteiger partial charge in [-0.15, -0.1) is 0 Å². The molecule has 0 radical (unpaired) electrons. The van der Waals surface area contributed by atoms with Crippen LogP contribution < -0.4 is 0 Å². The molecule has 0 aliphatic rings. The molecule has 0 aliphatic heterocycles. The van der Waals surface area contributed by atoms with Crippen LogP contribution in [-0.4, -0.2) is 37.2 Å². The van der Waals surface area contributed by atoms with Crippen LogP contribution in [0.1, 0.15) is 342 Å². The second-order valence-electron chi connectivity index (χ2n) is 23.1. The van der Waals surface area contributed by atoms with Gasteiger partial charge in [-0.25, -0.2) is 0 Å². The monoisotopic (exact) mass is 1130 g/mol. The first kappa shape index (κ1) is 77.3. The van der Waals surface area contributed by atoms with Gasteiger partial charge in [0.1, 0.15) is 13.2 Å². The van der Waals surface area contributed by atoms with Crippen LogP contribution in [0.4, 0.5) is 0 Å². The number of unbranched alkanes of at least 4 members (excludes halogenated alkanes) is 36. The molecule has 0 bridgehead atoms. The summed E-state index contributed by atoms with van der Waals surface area (Å²) in [6.07, 6.45) is 92.8. The molecule has 0 saturated carbocycles. The van der Waals surface area contributed by atoms with Gasteiger partial charge < -0.3 is 14.2 Å². The smallest absolute Gasteiger partial charge is 0.306 e. The van der Waals surface area contributed by atoms with Crippen LogP contribution in [0.25, 0.3) is 0 Å². The predicted molar refractivity (Wildman–Crippen MR) is 353 cm³/mol. The van der Waals surface area contributed by atoms with Crippen LogP contribution in [-0.2, 0) is 28.6 Å². The molecule has 1 atom stereocenters. The standard InChI is InChI=1S/C75H130O6/c1-4-7-10-13-16-19-22-25-28-31-33-34-35-36-37-38-39-40-41-42-43-45-47-50-53-56-59-62-65-68-74(77)80-71-72(70-79-73(76)67-64-61-58-55-52-49-46-30-27-24-21-18-15-12-9-6-3)81-75(78)69-66-63-60-57-54-51-48-44-32-29-26-23-20-17-14-11-8-5-2/h7,10,16,19-20,23,25,28-30,32-34,36-37,46,72H,4-6,8-9,11-15,17-18,21-22,24,26-27,31,35,38-45,47-71H2,1-3H3/b10-7-,19-16-,23-20-,28-25-,32-29-,34-33-,37-36-,46-30-. The van der Waals surface area contributed by atoms with Gasteiger partial charge >= 0.3 is 17.9 Å².